The van der Waals surface area contributed by atoms with Crippen molar-refractivity contribution in [2.24, 2.45) is 17.5 Å². The molecule has 0 atom stereocenters. The van der Waals surface area contributed by atoms with Crippen LogP contribution in [0.3, 0.4) is 0 Å². The Morgan fingerprint density at radius 1 is 1.47 bits per heavy atom. The van der Waals surface area contributed by atoms with Gasteiger partial charge in [0.1, 0.15) is 4.88 Å². The smallest absolute Gasteiger partial charge is 0.365 e. The molecule has 0 aliphatic carbocycles. The quantitative estimate of drug-likeness (QED) is 0.499. The van der Waals surface area contributed by atoms with E-state index in [9.17, 15) is 9.36 Å². The Morgan fingerprint density at radius 2 is 2.00 bits per heavy atom. The van der Waals surface area contributed by atoms with Crippen LogP contribution in [-0.4, -0.2) is 5.91 Å². The van der Waals surface area contributed by atoms with Crippen LogP contribution in [-0.2, 0) is 13.8 Å². The van der Waals surface area contributed by atoms with Crippen molar-refractivity contribution in [1.29, 1.82) is 0 Å². The number of hydrogen-bond donors (Lipinski definition) is 3. The highest BCUT2D eigenvalue weighted by atomic mass is 32.1. The largest absolute Gasteiger partial charge is 0.395 e. The van der Waals surface area contributed by atoms with Gasteiger partial charge < -0.3 is 5.73 Å². The third kappa shape index (κ3) is 2.25. The Hall–Kier alpha value is -0.760. The molecule has 9 heteroatoms. The van der Waals surface area contributed by atoms with Gasteiger partial charge in [0.15, 0.2) is 0 Å². The molecule has 0 unspecified atom stereocenters. The lowest BCUT2D eigenvalue weighted by Crippen LogP contribution is -2.22. The van der Waals surface area contributed by atoms with E-state index in [4.69, 9.17) is 17.5 Å². The molecular weight excluding hydrogens is 241 g/mol. The van der Waals surface area contributed by atoms with Crippen molar-refractivity contribution < 1.29 is 18.6 Å². The summed E-state index contributed by atoms with van der Waals surface area (Å²) in [7, 11) is -3.84. The Balaban J connectivity index is 3.35. The summed E-state index contributed by atoms with van der Waals surface area (Å²) in [6.07, 6.45) is 0. The van der Waals surface area contributed by atoms with Gasteiger partial charge in [-0.05, 0) is 13.0 Å². The number of primary amides is 1. The average Bonchev–Trinajstić information content (AvgIpc) is 2.60. The summed E-state index contributed by atoms with van der Waals surface area (Å²) >= 11 is 1.06. The fourth-order valence-electron chi connectivity index (χ4n) is 1.02. The molecule has 0 fully saturated rings. The molecule has 84 valence electrons. The second-order valence-corrected chi connectivity index (χ2v) is 5.80. The van der Waals surface area contributed by atoms with E-state index in [2.05, 4.69) is 9.25 Å². The molecule has 0 radical (unpaired) electrons. The van der Waals surface area contributed by atoms with E-state index >= 15 is 0 Å². The molecule has 0 aliphatic heterocycles. The lowest BCUT2D eigenvalue weighted by atomic mass is 10.4. The lowest BCUT2D eigenvalue weighted by Gasteiger charge is -2.10. The Kier molecular flexibility index (Phi) is 3.61. The fourth-order valence-corrected chi connectivity index (χ4v) is 3.33. The number of aryl methyl sites for hydroxylation is 1. The van der Waals surface area contributed by atoms with Crippen molar-refractivity contribution in [1.82, 2.24) is 0 Å². The predicted octanol–water partition coefficient (Wildman–Crippen LogP) is -0.246. The SMILES string of the molecule is Cc1cc(P(=O)(ON)ON)c(C(N)=O)s1. The van der Waals surface area contributed by atoms with Gasteiger partial charge in [0.2, 0.25) is 0 Å². The standard InChI is InChI=1S/C6H10N3O4PS/c1-3-2-4(5(15-3)6(7)10)14(11,12-8)13-9/h2H,8-9H2,1H3,(H2,7,10). The number of rotatable bonds is 4. The van der Waals surface area contributed by atoms with E-state index in [1.54, 1.807) is 6.92 Å². The molecule has 1 aromatic heterocycles. The monoisotopic (exact) mass is 251 g/mol. The molecule has 0 saturated carbocycles. The normalized spacial score (nSPS) is 11.7. The van der Waals surface area contributed by atoms with Crippen LogP contribution in [0.25, 0.3) is 0 Å². The first-order chi connectivity index (χ1) is 6.94. The topological polar surface area (TPSA) is 131 Å². The van der Waals surface area contributed by atoms with Crippen LogP contribution in [0.15, 0.2) is 6.07 Å². The minimum Gasteiger partial charge on any atom is -0.365 e. The zero-order valence-corrected chi connectivity index (χ0v) is 9.51. The van der Waals surface area contributed by atoms with Gasteiger partial charge in [-0.2, -0.15) is 0 Å². The summed E-state index contributed by atoms with van der Waals surface area (Å²) in [5, 5.41) is -0.0116. The molecule has 0 aromatic carbocycles. The van der Waals surface area contributed by atoms with Gasteiger partial charge >= 0.3 is 7.60 Å². The molecule has 6 N–H and O–H groups in total. The molecule has 0 bridgehead atoms. The van der Waals surface area contributed by atoms with Crippen molar-refractivity contribution in [3.05, 3.63) is 15.8 Å². The van der Waals surface area contributed by atoms with Crippen molar-refractivity contribution in [2.45, 2.75) is 6.92 Å². The number of hydrogen-bond acceptors (Lipinski definition) is 7. The molecule has 1 rings (SSSR count). The van der Waals surface area contributed by atoms with Gasteiger partial charge in [-0.1, -0.05) is 0 Å². The second kappa shape index (κ2) is 4.40. The molecular formula is C6H10N3O4PS. The van der Waals surface area contributed by atoms with Crippen LogP contribution in [0.1, 0.15) is 14.5 Å². The van der Waals surface area contributed by atoms with Crippen LogP contribution >= 0.6 is 18.9 Å². The summed E-state index contributed by atoms with van der Waals surface area (Å²) < 4.78 is 20.2. The minimum atomic E-state index is -3.84. The molecule has 0 saturated heterocycles. The first kappa shape index (κ1) is 12.3. The zero-order valence-electron chi connectivity index (χ0n) is 7.80. The van der Waals surface area contributed by atoms with Crippen molar-refractivity contribution in [2.75, 3.05) is 0 Å². The Bertz CT molecular complexity index is 424. The van der Waals surface area contributed by atoms with Crippen molar-refractivity contribution in [3.63, 3.8) is 0 Å². The van der Waals surface area contributed by atoms with Crippen LogP contribution in [0.5, 0.6) is 0 Å². The highest BCUT2D eigenvalue weighted by molar-refractivity contribution is 7.63. The van der Waals surface area contributed by atoms with Crippen LogP contribution in [0.2, 0.25) is 0 Å². The summed E-state index contributed by atoms with van der Waals surface area (Å²) in [6, 6.07) is 1.44. The predicted molar refractivity (Wildman–Crippen MR) is 55.4 cm³/mol. The first-order valence-corrected chi connectivity index (χ1v) is 6.08. The molecule has 1 aromatic rings. The van der Waals surface area contributed by atoms with Crippen molar-refractivity contribution >= 4 is 30.1 Å². The third-order valence-electron chi connectivity index (χ3n) is 1.63. The Morgan fingerprint density at radius 3 is 2.40 bits per heavy atom. The van der Waals surface area contributed by atoms with Crippen molar-refractivity contribution in [3.8, 4) is 0 Å². The third-order valence-corrected chi connectivity index (χ3v) is 4.35. The molecule has 15 heavy (non-hydrogen) atoms. The second-order valence-electron chi connectivity index (χ2n) is 2.64. The molecule has 0 spiro atoms. The summed E-state index contributed by atoms with van der Waals surface area (Å²) in [6.45, 7) is 1.71. The van der Waals surface area contributed by atoms with E-state index in [1.165, 1.54) is 6.07 Å². The van der Waals surface area contributed by atoms with E-state index in [0.29, 0.717) is 4.88 Å². The van der Waals surface area contributed by atoms with Crippen LogP contribution in [0.4, 0.5) is 0 Å². The number of carbonyl (C=O) groups excluding carboxylic acids is 1. The highest BCUT2D eigenvalue weighted by Gasteiger charge is 2.33. The average molecular weight is 251 g/mol. The maximum absolute atomic E-state index is 11.8. The van der Waals surface area contributed by atoms with E-state index < -0.39 is 13.5 Å². The van der Waals surface area contributed by atoms with Gasteiger partial charge in [-0.25, -0.2) is 21.0 Å². The molecule has 7 nitrogen and oxygen atoms in total. The molecule has 0 aliphatic rings. The van der Waals surface area contributed by atoms with Crippen LogP contribution in [0, 0.1) is 6.92 Å². The number of amides is 1. The highest BCUT2D eigenvalue weighted by Crippen LogP contribution is 2.45. The van der Waals surface area contributed by atoms with E-state index in [-0.39, 0.29) is 10.2 Å². The number of carbonyl (C=O) groups is 1. The van der Waals surface area contributed by atoms with E-state index in [0.717, 1.165) is 11.3 Å². The van der Waals surface area contributed by atoms with Crippen LogP contribution < -0.4 is 22.8 Å². The molecule has 1 amide bonds. The zero-order chi connectivity index (χ0) is 11.6. The maximum atomic E-state index is 11.8. The summed E-state index contributed by atoms with van der Waals surface area (Å²) in [4.78, 5) is 11.8. The fraction of sp³-hybridized carbons (Fsp3) is 0.167. The number of nitrogens with two attached hydrogens (primary N) is 3. The lowest BCUT2D eigenvalue weighted by molar-refractivity contribution is 0.100. The minimum absolute atomic E-state index is 0.0116. The van der Waals surface area contributed by atoms with Gasteiger partial charge in [-0.15, -0.1) is 11.3 Å². The Labute approximate surface area is 89.6 Å². The number of thiophene rings is 1. The summed E-state index contributed by atoms with van der Waals surface area (Å²) in [5.41, 5.74) is 5.09. The molecule has 1 heterocycles. The van der Waals surface area contributed by atoms with E-state index in [1.807, 2.05) is 0 Å². The first-order valence-electron chi connectivity index (χ1n) is 3.72. The maximum Gasteiger partial charge on any atom is 0.395 e. The summed E-state index contributed by atoms with van der Waals surface area (Å²) in [5.74, 6) is 8.89. The van der Waals surface area contributed by atoms with Gasteiger partial charge in [0, 0.05) is 4.88 Å². The van der Waals surface area contributed by atoms with Gasteiger partial charge in [-0.3, -0.25) is 9.36 Å². The van der Waals surface area contributed by atoms with Gasteiger partial charge in [0.05, 0.1) is 5.30 Å². The van der Waals surface area contributed by atoms with Gasteiger partial charge in [0.25, 0.3) is 5.91 Å².